The molecule has 1 saturated heterocycles. The van der Waals surface area contributed by atoms with E-state index >= 15 is 0 Å². The summed E-state index contributed by atoms with van der Waals surface area (Å²) in [4.78, 5) is 18.7. The van der Waals surface area contributed by atoms with Gasteiger partial charge >= 0.3 is 0 Å². The first-order valence-corrected chi connectivity index (χ1v) is 10.9. The molecule has 2 aliphatic heterocycles. The number of carbonyl (C=O) groups is 1. The summed E-state index contributed by atoms with van der Waals surface area (Å²) in [6, 6.07) is 10.1. The number of ether oxygens (including phenoxy) is 1. The Hall–Kier alpha value is -1.83. The molecule has 0 spiro atoms. The van der Waals surface area contributed by atoms with Crippen LogP contribution >= 0.6 is 11.8 Å². The van der Waals surface area contributed by atoms with Gasteiger partial charge in [-0.15, -0.1) is 11.8 Å². The number of nitrogens with zero attached hydrogens (tertiary/aromatic N) is 4. The summed E-state index contributed by atoms with van der Waals surface area (Å²) in [6.45, 7) is 9.77. The van der Waals surface area contributed by atoms with Crippen molar-refractivity contribution in [2.75, 3.05) is 36.9 Å². The second kappa shape index (κ2) is 8.27. The number of rotatable bonds is 4. The largest absolute Gasteiger partial charge is 0.374 e. The summed E-state index contributed by atoms with van der Waals surface area (Å²) in [6.07, 6.45) is 0.0474. The number of hydrogen-bond acceptors (Lipinski definition) is 5. The molecule has 1 fully saturated rings. The Kier molecular flexibility index (Phi) is 5.75. The minimum Gasteiger partial charge on any atom is -0.374 e. The van der Waals surface area contributed by atoms with E-state index in [1.54, 1.807) is 0 Å². The Balaban J connectivity index is 1.43. The third-order valence-electron chi connectivity index (χ3n) is 5.55. The standard InChI is InChI=1S/C21H28N4O2S/c1-15-12-16(2)25(22-15)14-18-13-23(8-10-27-18)17(3)21(26)24-9-11-28-20-7-5-4-6-19(20)24/h4-7,12,17-18H,8-11,13-14H2,1-3H3. The molecule has 4 rings (SSSR count). The Morgan fingerprint density at radius 3 is 2.93 bits per heavy atom. The van der Waals surface area contributed by atoms with Gasteiger partial charge < -0.3 is 9.64 Å². The minimum absolute atomic E-state index is 0.0474. The molecule has 0 saturated carbocycles. The second-order valence-electron chi connectivity index (χ2n) is 7.58. The maximum Gasteiger partial charge on any atom is 0.244 e. The van der Waals surface area contributed by atoms with E-state index in [0.717, 1.165) is 49.0 Å². The van der Waals surface area contributed by atoms with Gasteiger partial charge in [0.1, 0.15) is 0 Å². The van der Waals surface area contributed by atoms with Crippen LogP contribution < -0.4 is 4.90 Å². The van der Waals surface area contributed by atoms with Gasteiger partial charge in [-0.2, -0.15) is 5.10 Å². The van der Waals surface area contributed by atoms with E-state index < -0.39 is 0 Å². The molecule has 1 aromatic heterocycles. The highest BCUT2D eigenvalue weighted by atomic mass is 32.2. The van der Waals surface area contributed by atoms with Crippen molar-refractivity contribution in [3.8, 4) is 0 Å². The molecule has 2 unspecified atom stereocenters. The van der Waals surface area contributed by atoms with Gasteiger partial charge in [0.25, 0.3) is 0 Å². The average Bonchev–Trinajstić information content (AvgIpc) is 3.03. The molecule has 28 heavy (non-hydrogen) atoms. The topological polar surface area (TPSA) is 50.6 Å². The van der Waals surface area contributed by atoms with Crippen molar-refractivity contribution in [3.05, 3.63) is 41.7 Å². The minimum atomic E-state index is -0.164. The predicted octanol–water partition coefficient (Wildman–Crippen LogP) is 2.73. The zero-order chi connectivity index (χ0) is 19.7. The number of thioether (sulfide) groups is 1. The van der Waals surface area contributed by atoms with E-state index in [4.69, 9.17) is 4.74 Å². The van der Waals surface area contributed by atoms with Crippen molar-refractivity contribution in [1.82, 2.24) is 14.7 Å². The molecular weight excluding hydrogens is 372 g/mol. The quantitative estimate of drug-likeness (QED) is 0.790. The highest BCUT2D eigenvalue weighted by Crippen LogP contribution is 2.35. The molecule has 6 nitrogen and oxygen atoms in total. The number of para-hydroxylation sites is 1. The molecule has 1 aromatic carbocycles. The smallest absolute Gasteiger partial charge is 0.244 e. The summed E-state index contributed by atoms with van der Waals surface area (Å²) in [5, 5.41) is 4.55. The first kappa shape index (κ1) is 19.5. The van der Waals surface area contributed by atoms with Gasteiger partial charge in [0.05, 0.1) is 36.7 Å². The summed E-state index contributed by atoms with van der Waals surface area (Å²) < 4.78 is 7.99. The van der Waals surface area contributed by atoms with Crippen LogP contribution in [0.15, 0.2) is 35.2 Å². The number of morpholine rings is 1. The fourth-order valence-corrected chi connectivity index (χ4v) is 5.03. The highest BCUT2D eigenvalue weighted by Gasteiger charge is 2.33. The zero-order valence-electron chi connectivity index (χ0n) is 16.8. The summed E-state index contributed by atoms with van der Waals surface area (Å²) in [5.74, 6) is 1.12. The van der Waals surface area contributed by atoms with E-state index in [-0.39, 0.29) is 18.1 Å². The van der Waals surface area contributed by atoms with E-state index in [0.29, 0.717) is 6.61 Å². The first-order chi connectivity index (χ1) is 13.5. The zero-order valence-corrected chi connectivity index (χ0v) is 17.6. The predicted molar refractivity (Wildman–Crippen MR) is 112 cm³/mol. The number of aromatic nitrogens is 2. The Bertz CT molecular complexity index is 853. The van der Waals surface area contributed by atoms with E-state index in [1.807, 2.05) is 47.3 Å². The summed E-state index contributed by atoms with van der Waals surface area (Å²) in [7, 11) is 0. The number of carbonyl (C=O) groups excluding carboxylic acids is 1. The number of anilines is 1. The lowest BCUT2D eigenvalue weighted by molar-refractivity contribution is -0.126. The van der Waals surface area contributed by atoms with Gasteiger partial charge in [0.2, 0.25) is 5.91 Å². The van der Waals surface area contributed by atoms with E-state index in [1.165, 1.54) is 4.90 Å². The van der Waals surface area contributed by atoms with Gasteiger partial charge in [-0.1, -0.05) is 12.1 Å². The molecule has 2 aromatic rings. The van der Waals surface area contributed by atoms with Crippen LogP contribution in [0.3, 0.4) is 0 Å². The molecule has 0 bridgehead atoms. The normalized spacial score (nSPS) is 21.4. The summed E-state index contributed by atoms with van der Waals surface area (Å²) >= 11 is 1.82. The van der Waals surface area contributed by atoms with Crippen molar-refractivity contribution in [1.29, 1.82) is 0 Å². The van der Waals surface area contributed by atoms with Crippen molar-refractivity contribution in [2.24, 2.45) is 0 Å². The van der Waals surface area contributed by atoms with E-state index in [9.17, 15) is 4.79 Å². The number of amides is 1. The van der Waals surface area contributed by atoms with Crippen LogP contribution in [0.25, 0.3) is 0 Å². The summed E-state index contributed by atoms with van der Waals surface area (Å²) in [5.41, 5.74) is 3.21. The number of benzene rings is 1. The van der Waals surface area contributed by atoms with Crippen molar-refractivity contribution >= 4 is 23.4 Å². The van der Waals surface area contributed by atoms with Crippen molar-refractivity contribution in [2.45, 2.75) is 44.4 Å². The van der Waals surface area contributed by atoms with E-state index in [2.05, 4.69) is 35.1 Å². The van der Waals surface area contributed by atoms with Crippen molar-refractivity contribution in [3.63, 3.8) is 0 Å². The van der Waals surface area contributed by atoms with Crippen LogP contribution in [0, 0.1) is 13.8 Å². The van der Waals surface area contributed by atoms with Gasteiger partial charge in [0.15, 0.2) is 0 Å². The molecule has 1 amide bonds. The molecule has 2 atom stereocenters. The maximum atomic E-state index is 13.3. The van der Waals surface area contributed by atoms with Gasteiger partial charge in [-0.3, -0.25) is 14.4 Å². The lowest BCUT2D eigenvalue weighted by Gasteiger charge is -2.39. The van der Waals surface area contributed by atoms with Crippen LogP contribution in [0.4, 0.5) is 5.69 Å². The SMILES string of the molecule is Cc1cc(C)n(CC2CN(C(C)C(=O)N3CCSc4ccccc43)CCO2)n1. The second-order valence-corrected chi connectivity index (χ2v) is 8.72. The lowest BCUT2D eigenvalue weighted by Crippen LogP contribution is -2.54. The maximum absolute atomic E-state index is 13.3. The molecule has 0 N–H and O–H groups in total. The molecule has 7 heteroatoms. The number of aryl methyl sites for hydroxylation is 2. The van der Waals surface area contributed by atoms with Crippen LogP contribution in [-0.4, -0.2) is 64.7 Å². The van der Waals surface area contributed by atoms with Gasteiger partial charge in [-0.25, -0.2) is 0 Å². The Morgan fingerprint density at radius 2 is 2.14 bits per heavy atom. The number of fused-ring (bicyclic) bond motifs is 1. The van der Waals surface area contributed by atoms with Crippen LogP contribution in [0.1, 0.15) is 18.3 Å². The molecule has 3 heterocycles. The molecule has 150 valence electrons. The Labute approximate surface area is 170 Å². The van der Waals surface area contributed by atoms with Crippen LogP contribution in [-0.2, 0) is 16.1 Å². The average molecular weight is 401 g/mol. The monoisotopic (exact) mass is 400 g/mol. The fraction of sp³-hybridized carbons (Fsp3) is 0.524. The van der Waals surface area contributed by atoms with Crippen molar-refractivity contribution < 1.29 is 9.53 Å². The number of hydrogen-bond donors (Lipinski definition) is 0. The molecular formula is C21H28N4O2S. The third-order valence-corrected chi connectivity index (χ3v) is 6.59. The van der Waals surface area contributed by atoms with Crippen LogP contribution in [0.5, 0.6) is 0 Å². The van der Waals surface area contributed by atoms with Gasteiger partial charge in [0, 0.05) is 36.0 Å². The molecule has 0 aliphatic carbocycles. The van der Waals surface area contributed by atoms with Crippen LogP contribution in [0.2, 0.25) is 0 Å². The molecule has 2 aliphatic rings. The third kappa shape index (κ3) is 3.97. The first-order valence-electron chi connectivity index (χ1n) is 9.93. The lowest BCUT2D eigenvalue weighted by atomic mass is 10.1. The highest BCUT2D eigenvalue weighted by molar-refractivity contribution is 7.99. The Morgan fingerprint density at radius 1 is 1.32 bits per heavy atom. The fourth-order valence-electron chi connectivity index (χ4n) is 4.04. The molecule has 0 radical (unpaired) electrons. The van der Waals surface area contributed by atoms with Gasteiger partial charge in [-0.05, 0) is 39.0 Å².